The Morgan fingerprint density at radius 3 is 2.46 bits per heavy atom. The van der Waals surface area contributed by atoms with Crippen molar-refractivity contribution < 1.29 is 9.53 Å². The zero-order valence-corrected chi connectivity index (χ0v) is 15.2. The van der Waals surface area contributed by atoms with Crippen molar-refractivity contribution in [3.05, 3.63) is 70.3 Å². The Balaban J connectivity index is 1.73. The van der Waals surface area contributed by atoms with Gasteiger partial charge in [-0.05, 0) is 36.4 Å². The van der Waals surface area contributed by atoms with Gasteiger partial charge in [-0.3, -0.25) is 4.79 Å². The number of hydrogen-bond acceptors (Lipinski definition) is 5. The van der Waals surface area contributed by atoms with E-state index in [2.05, 4.69) is 20.8 Å². The average Bonchev–Trinajstić information content (AvgIpc) is 2.66. The molecule has 0 atom stereocenters. The van der Waals surface area contributed by atoms with Crippen LogP contribution in [0.2, 0.25) is 10.0 Å². The van der Waals surface area contributed by atoms with Crippen LogP contribution in [0.15, 0.2) is 54.6 Å². The molecule has 26 heavy (non-hydrogen) atoms. The van der Waals surface area contributed by atoms with Crippen LogP contribution < -0.4 is 15.4 Å². The standard InChI is InChI=1S/C18H14Cl2N4O2/c1-26-15-8-3-2-6-12(15)21-16-10-9-14(23-24-16)18(25)22-13-7-4-5-11(19)17(13)20/h2-10H,1H3,(H,21,24)(H,22,25). The zero-order chi connectivity index (χ0) is 18.5. The summed E-state index contributed by atoms with van der Waals surface area (Å²) in [5.74, 6) is 0.712. The number of benzene rings is 2. The van der Waals surface area contributed by atoms with Crippen molar-refractivity contribution in [1.29, 1.82) is 0 Å². The SMILES string of the molecule is COc1ccccc1Nc1ccc(C(=O)Nc2cccc(Cl)c2Cl)nn1. The normalized spacial score (nSPS) is 10.3. The Morgan fingerprint density at radius 2 is 1.73 bits per heavy atom. The second-order valence-corrected chi connectivity index (χ2v) is 5.97. The van der Waals surface area contributed by atoms with Crippen molar-refractivity contribution in [3.8, 4) is 5.75 Å². The minimum Gasteiger partial charge on any atom is -0.495 e. The molecule has 0 spiro atoms. The minimum atomic E-state index is -0.439. The number of carbonyl (C=O) groups is 1. The van der Waals surface area contributed by atoms with Crippen LogP contribution in [0.3, 0.4) is 0 Å². The van der Waals surface area contributed by atoms with Gasteiger partial charge in [0.2, 0.25) is 0 Å². The number of methoxy groups -OCH3 is 1. The van der Waals surface area contributed by atoms with Gasteiger partial charge in [0.25, 0.3) is 5.91 Å². The highest BCUT2D eigenvalue weighted by Gasteiger charge is 2.12. The molecule has 0 aliphatic heterocycles. The lowest BCUT2D eigenvalue weighted by molar-refractivity contribution is 0.102. The topological polar surface area (TPSA) is 76.1 Å². The Hall–Kier alpha value is -2.83. The summed E-state index contributed by atoms with van der Waals surface area (Å²) in [6.45, 7) is 0. The summed E-state index contributed by atoms with van der Waals surface area (Å²) >= 11 is 12.0. The first-order chi connectivity index (χ1) is 12.6. The molecule has 8 heteroatoms. The summed E-state index contributed by atoms with van der Waals surface area (Å²) < 4.78 is 5.27. The maximum Gasteiger partial charge on any atom is 0.276 e. The third kappa shape index (κ3) is 4.04. The molecule has 0 aliphatic carbocycles. The van der Waals surface area contributed by atoms with Gasteiger partial charge in [-0.25, -0.2) is 0 Å². The molecule has 0 saturated heterocycles. The van der Waals surface area contributed by atoms with Crippen LogP contribution in [0.4, 0.5) is 17.2 Å². The molecular weight excluding hydrogens is 375 g/mol. The summed E-state index contributed by atoms with van der Waals surface area (Å²) in [5, 5.41) is 14.3. The second kappa shape index (κ2) is 8.03. The summed E-state index contributed by atoms with van der Waals surface area (Å²) in [5.41, 5.74) is 1.29. The van der Waals surface area contributed by atoms with Gasteiger partial charge in [-0.2, -0.15) is 0 Å². The molecule has 3 rings (SSSR count). The molecule has 0 aliphatic rings. The smallest absolute Gasteiger partial charge is 0.276 e. The van der Waals surface area contributed by atoms with E-state index in [0.717, 1.165) is 5.69 Å². The quantitative estimate of drug-likeness (QED) is 0.656. The van der Waals surface area contributed by atoms with Gasteiger partial charge >= 0.3 is 0 Å². The van der Waals surface area contributed by atoms with Crippen molar-refractivity contribution in [2.45, 2.75) is 0 Å². The zero-order valence-electron chi connectivity index (χ0n) is 13.7. The number of nitrogens with zero attached hydrogens (tertiary/aromatic N) is 2. The van der Waals surface area contributed by atoms with E-state index < -0.39 is 5.91 Å². The molecule has 2 N–H and O–H groups in total. The first-order valence-electron chi connectivity index (χ1n) is 7.57. The van der Waals surface area contributed by atoms with Crippen LogP contribution in [-0.2, 0) is 0 Å². The largest absolute Gasteiger partial charge is 0.495 e. The van der Waals surface area contributed by atoms with Crippen molar-refractivity contribution in [2.24, 2.45) is 0 Å². The monoisotopic (exact) mass is 388 g/mol. The molecule has 0 fully saturated rings. The van der Waals surface area contributed by atoms with Crippen molar-refractivity contribution in [3.63, 3.8) is 0 Å². The molecule has 1 aromatic heterocycles. The molecule has 132 valence electrons. The van der Waals surface area contributed by atoms with Crippen LogP contribution in [0.1, 0.15) is 10.5 Å². The Kier molecular flexibility index (Phi) is 5.55. The number of aromatic nitrogens is 2. The van der Waals surface area contributed by atoms with E-state index in [-0.39, 0.29) is 10.7 Å². The van der Waals surface area contributed by atoms with Gasteiger partial charge in [0.1, 0.15) is 5.75 Å². The van der Waals surface area contributed by atoms with Crippen LogP contribution in [0, 0.1) is 0 Å². The first-order valence-corrected chi connectivity index (χ1v) is 8.33. The first kappa shape index (κ1) is 18.0. The maximum absolute atomic E-state index is 12.3. The van der Waals surface area contributed by atoms with Crippen molar-refractivity contribution in [1.82, 2.24) is 10.2 Å². The van der Waals surface area contributed by atoms with Gasteiger partial charge in [0, 0.05) is 0 Å². The molecule has 6 nitrogen and oxygen atoms in total. The average molecular weight is 389 g/mol. The van der Waals surface area contributed by atoms with Crippen LogP contribution >= 0.6 is 23.2 Å². The van der Waals surface area contributed by atoms with E-state index >= 15 is 0 Å². The number of amides is 1. The predicted molar refractivity (Wildman–Crippen MR) is 103 cm³/mol. The number of halogens is 2. The van der Waals surface area contributed by atoms with Gasteiger partial charge < -0.3 is 15.4 Å². The van der Waals surface area contributed by atoms with Gasteiger partial charge in [0.05, 0.1) is 28.5 Å². The Morgan fingerprint density at radius 1 is 0.962 bits per heavy atom. The lowest BCUT2D eigenvalue weighted by Crippen LogP contribution is -2.15. The molecule has 0 saturated carbocycles. The van der Waals surface area contributed by atoms with Crippen LogP contribution in [0.5, 0.6) is 5.75 Å². The third-order valence-corrected chi connectivity index (χ3v) is 4.29. The molecule has 1 amide bonds. The summed E-state index contributed by atoms with van der Waals surface area (Å²) in [6, 6.07) is 15.6. The number of carbonyl (C=O) groups excluding carboxylic acids is 1. The number of ether oxygens (including phenoxy) is 1. The minimum absolute atomic E-state index is 0.145. The fourth-order valence-electron chi connectivity index (χ4n) is 2.19. The third-order valence-electron chi connectivity index (χ3n) is 3.47. The number of para-hydroxylation sites is 2. The van der Waals surface area contributed by atoms with Crippen molar-refractivity contribution in [2.75, 3.05) is 17.7 Å². The fraction of sp³-hybridized carbons (Fsp3) is 0.0556. The molecule has 1 heterocycles. The molecule has 0 radical (unpaired) electrons. The highest BCUT2D eigenvalue weighted by Crippen LogP contribution is 2.30. The molecule has 2 aromatic carbocycles. The van der Waals surface area contributed by atoms with E-state index in [4.69, 9.17) is 27.9 Å². The Labute approximate surface area is 160 Å². The second-order valence-electron chi connectivity index (χ2n) is 5.18. The fourth-order valence-corrected chi connectivity index (χ4v) is 2.54. The van der Waals surface area contributed by atoms with E-state index in [9.17, 15) is 4.79 Å². The lowest BCUT2D eigenvalue weighted by Gasteiger charge is -2.10. The number of anilines is 3. The number of nitrogens with one attached hydrogen (secondary N) is 2. The Bertz CT molecular complexity index is 933. The predicted octanol–water partition coefficient (Wildman–Crippen LogP) is 4.79. The van der Waals surface area contributed by atoms with E-state index in [0.29, 0.717) is 22.3 Å². The van der Waals surface area contributed by atoms with E-state index in [1.807, 2.05) is 24.3 Å². The molecule has 3 aromatic rings. The van der Waals surface area contributed by atoms with Gasteiger partial charge in [-0.15, -0.1) is 10.2 Å². The molecule has 0 unspecified atom stereocenters. The van der Waals surface area contributed by atoms with Crippen LogP contribution in [-0.4, -0.2) is 23.2 Å². The van der Waals surface area contributed by atoms with Gasteiger partial charge in [-0.1, -0.05) is 41.4 Å². The summed E-state index contributed by atoms with van der Waals surface area (Å²) in [6.07, 6.45) is 0. The molecule has 0 bridgehead atoms. The highest BCUT2D eigenvalue weighted by atomic mass is 35.5. The van der Waals surface area contributed by atoms with Gasteiger partial charge in [0.15, 0.2) is 11.5 Å². The van der Waals surface area contributed by atoms with E-state index in [1.54, 1.807) is 37.4 Å². The summed E-state index contributed by atoms with van der Waals surface area (Å²) in [4.78, 5) is 12.3. The lowest BCUT2D eigenvalue weighted by atomic mass is 10.3. The summed E-state index contributed by atoms with van der Waals surface area (Å²) in [7, 11) is 1.58. The van der Waals surface area contributed by atoms with Crippen molar-refractivity contribution >= 4 is 46.3 Å². The highest BCUT2D eigenvalue weighted by molar-refractivity contribution is 6.44. The number of rotatable bonds is 5. The van der Waals surface area contributed by atoms with E-state index in [1.165, 1.54) is 0 Å². The molecular formula is C18H14Cl2N4O2. The number of hydrogen-bond donors (Lipinski definition) is 2. The maximum atomic E-state index is 12.3. The van der Waals surface area contributed by atoms with Crippen LogP contribution in [0.25, 0.3) is 0 Å².